The Hall–Kier alpha value is -4.71. The Morgan fingerprint density at radius 2 is 1.78 bits per heavy atom. The lowest BCUT2D eigenvalue weighted by atomic mass is 10.0. The Balaban J connectivity index is 0.000000493. The molecule has 4 aromatic rings. The first-order chi connectivity index (χ1) is 19.4. The van der Waals surface area contributed by atoms with Crippen LogP contribution in [0.1, 0.15) is 32.0 Å². The highest BCUT2D eigenvalue weighted by atomic mass is 35.5. The van der Waals surface area contributed by atoms with Crippen LogP contribution >= 0.6 is 11.6 Å². The molecule has 0 saturated carbocycles. The predicted octanol–water partition coefficient (Wildman–Crippen LogP) is 5.39. The monoisotopic (exact) mass is 588 g/mol. The largest absolute Gasteiger partial charge is 0.490 e. The highest BCUT2D eigenvalue weighted by molar-refractivity contribution is 6.31. The summed E-state index contributed by atoms with van der Waals surface area (Å²) in [7, 11) is 0. The van der Waals surface area contributed by atoms with Gasteiger partial charge in [-0.2, -0.15) is 13.2 Å². The first-order valence-corrected chi connectivity index (χ1v) is 12.4. The molecule has 0 spiro atoms. The van der Waals surface area contributed by atoms with Gasteiger partial charge in [-0.3, -0.25) is 14.6 Å². The van der Waals surface area contributed by atoms with Crippen molar-refractivity contribution in [3.63, 3.8) is 0 Å². The molecule has 0 fully saturated rings. The first-order valence-electron chi connectivity index (χ1n) is 12.0. The summed E-state index contributed by atoms with van der Waals surface area (Å²) in [6.07, 6.45) is -2.71. The number of carboxylic acid groups (broad SMARTS) is 1. The van der Waals surface area contributed by atoms with Crippen LogP contribution in [0.25, 0.3) is 22.5 Å². The minimum Gasteiger partial charge on any atom is -0.475 e. The predicted molar refractivity (Wildman–Crippen MR) is 142 cm³/mol. The number of rotatable bonds is 5. The van der Waals surface area contributed by atoms with Crippen LogP contribution in [-0.2, 0) is 17.8 Å². The van der Waals surface area contributed by atoms with E-state index in [-0.39, 0.29) is 18.0 Å². The number of carbonyl (C=O) groups is 3. The number of aromatic amines is 1. The third-order valence-corrected chi connectivity index (χ3v) is 6.39. The fourth-order valence-corrected chi connectivity index (χ4v) is 4.18. The molecule has 1 aliphatic heterocycles. The number of hydrogen-bond acceptors (Lipinski definition) is 4. The van der Waals surface area contributed by atoms with E-state index in [1.54, 1.807) is 30.5 Å². The van der Waals surface area contributed by atoms with Crippen molar-refractivity contribution in [2.24, 2.45) is 0 Å². The topological polar surface area (TPSA) is 124 Å². The summed E-state index contributed by atoms with van der Waals surface area (Å²) >= 11 is 6.11. The number of nitrogens with zero attached hydrogens (tertiary/aromatic N) is 1. The molecule has 0 bridgehead atoms. The molecule has 13 heteroatoms. The highest BCUT2D eigenvalue weighted by Gasteiger charge is 2.38. The van der Waals surface area contributed by atoms with Gasteiger partial charge in [0.15, 0.2) is 0 Å². The van der Waals surface area contributed by atoms with Crippen molar-refractivity contribution in [2.75, 3.05) is 6.54 Å². The van der Waals surface area contributed by atoms with Gasteiger partial charge in [0.25, 0.3) is 11.8 Å². The number of amides is 2. The van der Waals surface area contributed by atoms with Crippen molar-refractivity contribution in [2.45, 2.75) is 19.1 Å². The molecule has 2 amide bonds. The Morgan fingerprint density at radius 1 is 1.05 bits per heavy atom. The molecule has 0 radical (unpaired) electrons. The Kier molecular flexibility index (Phi) is 8.72. The maximum Gasteiger partial charge on any atom is 0.490 e. The fourth-order valence-electron chi connectivity index (χ4n) is 3.98. The van der Waals surface area contributed by atoms with Gasteiger partial charge in [0.05, 0.1) is 16.8 Å². The van der Waals surface area contributed by atoms with Crippen LogP contribution in [-0.4, -0.2) is 45.6 Å². The van der Waals surface area contributed by atoms with Gasteiger partial charge in [0.2, 0.25) is 0 Å². The van der Waals surface area contributed by atoms with Gasteiger partial charge < -0.3 is 20.7 Å². The zero-order valence-corrected chi connectivity index (χ0v) is 21.7. The van der Waals surface area contributed by atoms with Crippen molar-refractivity contribution in [3.05, 3.63) is 100 Å². The number of halogens is 5. The minimum absolute atomic E-state index is 0.0602. The van der Waals surface area contributed by atoms with Crippen molar-refractivity contribution in [1.82, 2.24) is 20.6 Å². The van der Waals surface area contributed by atoms with Crippen molar-refractivity contribution < 1.29 is 37.1 Å². The molecule has 2 aromatic heterocycles. The van der Waals surface area contributed by atoms with Crippen LogP contribution in [0.15, 0.2) is 66.9 Å². The second-order valence-electron chi connectivity index (χ2n) is 8.78. The Labute approximate surface area is 235 Å². The van der Waals surface area contributed by atoms with Gasteiger partial charge >= 0.3 is 12.1 Å². The lowest BCUT2D eigenvalue weighted by Gasteiger charge is -2.11. The number of nitrogens with one attached hydrogen (secondary N) is 3. The quantitative estimate of drug-likeness (QED) is 0.233. The third-order valence-electron chi connectivity index (χ3n) is 6.02. The first kappa shape index (κ1) is 29.3. The normalized spacial score (nSPS) is 12.5. The van der Waals surface area contributed by atoms with E-state index in [0.29, 0.717) is 28.4 Å². The summed E-state index contributed by atoms with van der Waals surface area (Å²) < 4.78 is 46.6. The number of fused-ring (bicyclic) bond motifs is 1. The highest BCUT2D eigenvalue weighted by Crippen LogP contribution is 2.28. The van der Waals surface area contributed by atoms with Gasteiger partial charge in [-0.05, 0) is 42.0 Å². The number of H-pyrrole nitrogens is 1. The Bertz CT molecular complexity index is 1620. The smallest absolute Gasteiger partial charge is 0.475 e. The van der Waals surface area contributed by atoms with Crippen molar-refractivity contribution in [1.29, 1.82) is 0 Å². The SMILES string of the molecule is O=C(NCc1ccccc1Cl)c1ccc(-c2cc(-c3cc4c([nH]3)CCNC4=O)ccn2)cc1F.O=C(O)C(F)(F)F. The number of aromatic nitrogens is 2. The second-order valence-corrected chi connectivity index (χ2v) is 9.19. The summed E-state index contributed by atoms with van der Waals surface area (Å²) in [5.41, 5.74) is 4.94. The summed E-state index contributed by atoms with van der Waals surface area (Å²) in [5.74, 6) is -4.02. The van der Waals surface area contributed by atoms with Gasteiger partial charge in [-0.15, -0.1) is 0 Å². The molecular weight excluding hydrogens is 568 g/mol. The van der Waals surface area contributed by atoms with Gasteiger partial charge in [0, 0.05) is 53.2 Å². The van der Waals surface area contributed by atoms with Crippen LogP contribution in [0.2, 0.25) is 5.02 Å². The van der Waals surface area contributed by atoms with E-state index < -0.39 is 23.9 Å². The molecule has 4 N–H and O–H groups in total. The van der Waals surface area contributed by atoms with E-state index in [4.69, 9.17) is 21.5 Å². The number of benzene rings is 2. The molecule has 5 rings (SSSR count). The Morgan fingerprint density at radius 3 is 2.44 bits per heavy atom. The molecule has 41 heavy (non-hydrogen) atoms. The molecule has 2 aromatic carbocycles. The summed E-state index contributed by atoms with van der Waals surface area (Å²) in [6, 6.07) is 17.0. The van der Waals surface area contributed by atoms with E-state index in [1.807, 2.05) is 24.3 Å². The van der Waals surface area contributed by atoms with Crippen LogP contribution in [0, 0.1) is 5.82 Å². The minimum atomic E-state index is -5.08. The molecule has 212 valence electrons. The van der Waals surface area contributed by atoms with E-state index in [2.05, 4.69) is 20.6 Å². The van der Waals surface area contributed by atoms with Crippen molar-refractivity contribution >= 4 is 29.4 Å². The number of pyridine rings is 1. The summed E-state index contributed by atoms with van der Waals surface area (Å²) in [4.78, 5) is 41.1. The number of carbonyl (C=O) groups excluding carboxylic acids is 2. The lowest BCUT2D eigenvalue weighted by molar-refractivity contribution is -0.192. The van der Waals surface area contributed by atoms with Gasteiger partial charge in [0.1, 0.15) is 5.82 Å². The van der Waals surface area contributed by atoms with Gasteiger partial charge in [-0.25, -0.2) is 9.18 Å². The van der Waals surface area contributed by atoms with Gasteiger partial charge in [-0.1, -0.05) is 35.9 Å². The zero-order valence-electron chi connectivity index (χ0n) is 21.0. The maximum absolute atomic E-state index is 14.8. The average molecular weight is 589 g/mol. The van der Waals surface area contributed by atoms with E-state index >= 15 is 0 Å². The van der Waals surface area contributed by atoms with Crippen LogP contribution in [0.3, 0.4) is 0 Å². The summed E-state index contributed by atoms with van der Waals surface area (Å²) in [6.45, 7) is 0.798. The molecular formula is C28H21ClF4N4O4. The number of hydrogen-bond donors (Lipinski definition) is 4. The van der Waals surface area contributed by atoms with E-state index in [9.17, 15) is 27.2 Å². The molecule has 8 nitrogen and oxygen atoms in total. The molecule has 3 heterocycles. The number of aliphatic carboxylic acids is 1. The third kappa shape index (κ3) is 7.09. The molecule has 0 saturated heterocycles. The van der Waals surface area contributed by atoms with Crippen LogP contribution < -0.4 is 10.6 Å². The van der Waals surface area contributed by atoms with E-state index in [0.717, 1.165) is 28.9 Å². The average Bonchev–Trinajstić information content (AvgIpc) is 3.38. The molecule has 0 unspecified atom stereocenters. The standard InChI is InChI=1S/C26H20ClFN4O2.C2HF3O2/c27-20-4-2-1-3-17(20)14-31-25(33)18-6-5-15(11-21(18)28)23-12-16(7-9-29-23)24-13-19-22(32-24)8-10-30-26(19)34;3-2(4,5)1(6)7/h1-7,9,11-13,32H,8,10,14H2,(H,30,34)(H,31,33);(H,6,7). The summed E-state index contributed by atoms with van der Waals surface area (Å²) in [5, 5.41) is 13.2. The van der Waals surface area contributed by atoms with E-state index in [1.165, 1.54) is 12.1 Å². The lowest BCUT2D eigenvalue weighted by Crippen LogP contribution is -2.31. The maximum atomic E-state index is 14.8. The zero-order chi connectivity index (χ0) is 29.7. The second kappa shape index (κ2) is 12.2. The molecule has 0 atom stereocenters. The molecule has 1 aliphatic rings. The van der Waals surface area contributed by atoms with Crippen molar-refractivity contribution in [3.8, 4) is 22.5 Å². The van der Waals surface area contributed by atoms with Crippen LogP contribution in [0.4, 0.5) is 17.6 Å². The fraction of sp³-hybridized carbons (Fsp3) is 0.143. The number of carboxylic acids is 1. The molecule has 0 aliphatic carbocycles. The van der Waals surface area contributed by atoms with Crippen LogP contribution in [0.5, 0.6) is 0 Å². The number of alkyl halides is 3.